The van der Waals surface area contributed by atoms with Crippen molar-refractivity contribution < 1.29 is 9.84 Å². The van der Waals surface area contributed by atoms with E-state index in [0.29, 0.717) is 12.7 Å². The molecule has 1 saturated carbocycles. The minimum Gasteiger partial charge on any atom is -0.386 e. The van der Waals surface area contributed by atoms with Crippen LogP contribution in [0.1, 0.15) is 42.1 Å². The van der Waals surface area contributed by atoms with Crippen molar-refractivity contribution in [1.82, 2.24) is 0 Å². The van der Waals surface area contributed by atoms with Crippen molar-refractivity contribution in [2.45, 2.75) is 37.9 Å². The van der Waals surface area contributed by atoms with Crippen LogP contribution < -0.4 is 0 Å². The van der Waals surface area contributed by atoms with Gasteiger partial charge in [0.15, 0.2) is 0 Å². The van der Waals surface area contributed by atoms with Crippen molar-refractivity contribution in [1.29, 1.82) is 0 Å². The van der Waals surface area contributed by atoms with Gasteiger partial charge in [0.05, 0.1) is 12.7 Å². The molecule has 1 unspecified atom stereocenters. The first kappa shape index (κ1) is 13.1. The van der Waals surface area contributed by atoms with Crippen LogP contribution in [0, 0.1) is 0 Å². The van der Waals surface area contributed by atoms with E-state index in [9.17, 15) is 5.11 Å². The fourth-order valence-electron chi connectivity index (χ4n) is 3.23. The highest BCUT2D eigenvalue weighted by Crippen LogP contribution is 2.37. The summed E-state index contributed by atoms with van der Waals surface area (Å²) in [5.74, 6) is 0. The van der Waals surface area contributed by atoms with Gasteiger partial charge in [0.2, 0.25) is 0 Å². The summed E-state index contributed by atoms with van der Waals surface area (Å²) in [5.41, 5.74) is 6.31. The van der Waals surface area contributed by atoms with Crippen LogP contribution in [0.2, 0.25) is 0 Å². The quantitative estimate of drug-likeness (QED) is 0.786. The van der Waals surface area contributed by atoms with Crippen LogP contribution in [0.15, 0.2) is 42.5 Å². The Labute approximate surface area is 125 Å². The Kier molecular flexibility index (Phi) is 3.28. The van der Waals surface area contributed by atoms with Gasteiger partial charge in [-0.15, -0.1) is 0 Å². The normalized spacial score (nSPS) is 18.0. The third-order valence-corrected chi connectivity index (χ3v) is 4.74. The number of fused-ring (bicyclic) bond motifs is 3. The molecule has 0 spiro atoms. The molecule has 0 aliphatic heterocycles. The van der Waals surface area contributed by atoms with E-state index in [1.165, 1.54) is 28.7 Å². The fourth-order valence-corrected chi connectivity index (χ4v) is 3.23. The van der Waals surface area contributed by atoms with E-state index in [1.54, 1.807) is 0 Å². The summed E-state index contributed by atoms with van der Waals surface area (Å²) >= 11 is 0. The molecule has 0 amide bonds. The van der Waals surface area contributed by atoms with Gasteiger partial charge in [-0.05, 0) is 53.5 Å². The van der Waals surface area contributed by atoms with E-state index < -0.39 is 6.10 Å². The molecule has 2 heteroatoms. The maximum Gasteiger partial charge on any atom is 0.102 e. The summed E-state index contributed by atoms with van der Waals surface area (Å²) in [7, 11) is 0. The van der Waals surface area contributed by atoms with Crippen molar-refractivity contribution in [3.63, 3.8) is 0 Å². The molecule has 1 atom stereocenters. The predicted octanol–water partition coefficient (Wildman–Crippen LogP) is 3.86. The standard InChI is InChI=1S/C19H20O2/c20-19(12-21-16-5-3-6-16)14-8-9-18-15(11-14)10-13-4-1-2-7-17(13)18/h1-2,4,7-9,11,16,19-20H,3,5-6,10,12H2. The summed E-state index contributed by atoms with van der Waals surface area (Å²) in [5, 5.41) is 10.3. The molecule has 2 aliphatic rings. The molecule has 2 aromatic rings. The van der Waals surface area contributed by atoms with Gasteiger partial charge < -0.3 is 9.84 Å². The number of benzene rings is 2. The lowest BCUT2D eigenvalue weighted by Gasteiger charge is -2.26. The molecule has 21 heavy (non-hydrogen) atoms. The Balaban J connectivity index is 1.52. The van der Waals surface area contributed by atoms with E-state index >= 15 is 0 Å². The van der Waals surface area contributed by atoms with Gasteiger partial charge in [-0.2, -0.15) is 0 Å². The van der Waals surface area contributed by atoms with Gasteiger partial charge in [0, 0.05) is 0 Å². The number of ether oxygens (including phenoxy) is 1. The third kappa shape index (κ3) is 2.39. The molecule has 1 fully saturated rings. The van der Waals surface area contributed by atoms with E-state index in [4.69, 9.17) is 4.74 Å². The minimum absolute atomic E-state index is 0.373. The molecule has 0 saturated heterocycles. The first-order valence-electron chi connectivity index (χ1n) is 7.82. The number of hydrogen-bond acceptors (Lipinski definition) is 2. The molecule has 0 heterocycles. The van der Waals surface area contributed by atoms with Crippen molar-refractivity contribution in [2.75, 3.05) is 6.61 Å². The molecule has 2 aliphatic carbocycles. The van der Waals surface area contributed by atoms with Crippen molar-refractivity contribution in [3.8, 4) is 11.1 Å². The van der Waals surface area contributed by atoms with Crippen molar-refractivity contribution >= 4 is 0 Å². The van der Waals surface area contributed by atoms with Gasteiger partial charge in [0.1, 0.15) is 6.10 Å². The SMILES string of the molecule is OC(COC1CCC1)c1ccc2c(c1)Cc1ccccc1-2. The Morgan fingerprint density at radius 3 is 2.67 bits per heavy atom. The van der Waals surface area contributed by atoms with Crippen molar-refractivity contribution in [3.05, 3.63) is 59.2 Å². The molecule has 2 aromatic carbocycles. The smallest absolute Gasteiger partial charge is 0.102 e. The van der Waals surface area contributed by atoms with Crippen molar-refractivity contribution in [2.24, 2.45) is 0 Å². The Morgan fingerprint density at radius 1 is 1.05 bits per heavy atom. The average Bonchev–Trinajstić information content (AvgIpc) is 2.83. The highest BCUT2D eigenvalue weighted by atomic mass is 16.5. The second kappa shape index (κ2) is 5.28. The predicted molar refractivity (Wildman–Crippen MR) is 83.2 cm³/mol. The van der Waals surface area contributed by atoms with Crippen LogP contribution in [-0.2, 0) is 11.2 Å². The molecule has 0 radical (unpaired) electrons. The number of aliphatic hydroxyl groups excluding tert-OH is 1. The molecule has 1 N–H and O–H groups in total. The maximum absolute atomic E-state index is 10.3. The van der Waals surface area contributed by atoms with E-state index in [2.05, 4.69) is 36.4 Å². The Bertz CT molecular complexity index is 658. The van der Waals surface area contributed by atoms with Crippen LogP contribution in [0.25, 0.3) is 11.1 Å². The molecule has 0 aromatic heterocycles. The third-order valence-electron chi connectivity index (χ3n) is 4.74. The van der Waals surface area contributed by atoms with Gasteiger partial charge in [0.25, 0.3) is 0 Å². The molecular formula is C19H20O2. The zero-order chi connectivity index (χ0) is 14.2. The first-order chi connectivity index (χ1) is 10.3. The van der Waals surface area contributed by atoms with Gasteiger partial charge in [-0.1, -0.05) is 42.5 Å². The monoisotopic (exact) mass is 280 g/mol. The van der Waals surface area contributed by atoms with Crippen LogP contribution in [0.3, 0.4) is 0 Å². The zero-order valence-corrected chi connectivity index (χ0v) is 12.1. The van der Waals surface area contributed by atoms with E-state index in [-0.39, 0.29) is 0 Å². The summed E-state index contributed by atoms with van der Waals surface area (Å²) in [6.07, 6.45) is 4.38. The molecule has 2 nitrogen and oxygen atoms in total. The average molecular weight is 280 g/mol. The largest absolute Gasteiger partial charge is 0.386 e. The molecular weight excluding hydrogens is 260 g/mol. The second-order valence-electron chi connectivity index (χ2n) is 6.15. The lowest BCUT2D eigenvalue weighted by atomic mass is 9.96. The highest BCUT2D eigenvalue weighted by Gasteiger charge is 2.22. The van der Waals surface area contributed by atoms with Crippen LogP contribution in [0.4, 0.5) is 0 Å². The Hall–Kier alpha value is -1.64. The zero-order valence-electron chi connectivity index (χ0n) is 12.1. The molecule has 0 bridgehead atoms. The molecule has 108 valence electrons. The van der Waals surface area contributed by atoms with Crippen LogP contribution >= 0.6 is 0 Å². The second-order valence-corrected chi connectivity index (χ2v) is 6.15. The highest BCUT2D eigenvalue weighted by molar-refractivity contribution is 5.76. The minimum atomic E-state index is -0.514. The number of rotatable bonds is 4. The van der Waals surface area contributed by atoms with E-state index in [0.717, 1.165) is 24.8 Å². The summed E-state index contributed by atoms with van der Waals surface area (Å²) in [6.45, 7) is 0.413. The van der Waals surface area contributed by atoms with Gasteiger partial charge in [-0.3, -0.25) is 0 Å². The topological polar surface area (TPSA) is 29.5 Å². The van der Waals surface area contributed by atoms with Gasteiger partial charge in [-0.25, -0.2) is 0 Å². The lowest BCUT2D eigenvalue weighted by molar-refractivity contribution is -0.0426. The van der Waals surface area contributed by atoms with Crippen LogP contribution in [-0.4, -0.2) is 17.8 Å². The summed E-state index contributed by atoms with van der Waals surface area (Å²) < 4.78 is 5.73. The summed E-state index contributed by atoms with van der Waals surface area (Å²) in [6, 6.07) is 14.9. The van der Waals surface area contributed by atoms with Gasteiger partial charge >= 0.3 is 0 Å². The number of hydrogen-bond donors (Lipinski definition) is 1. The lowest BCUT2D eigenvalue weighted by Crippen LogP contribution is -2.24. The van der Waals surface area contributed by atoms with E-state index in [1.807, 2.05) is 6.07 Å². The summed E-state index contributed by atoms with van der Waals surface area (Å²) in [4.78, 5) is 0. The molecule has 4 rings (SSSR count). The Morgan fingerprint density at radius 2 is 1.86 bits per heavy atom. The maximum atomic E-state index is 10.3. The van der Waals surface area contributed by atoms with Crippen LogP contribution in [0.5, 0.6) is 0 Å². The first-order valence-corrected chi connectivity index (χ1v) is 7.82. The fraction of sp³-hybridized carbons (Fsp3) is 0.368. The number of aliphatic hydroxyl groups is 1.